The summed E-state index contributed by atoms with van der Waals surface area (Å²) in [5, 5.41) is 11.6. The van der Waals surface area contributed by atoms with Crippen LogP contribution in [0.2, 0.25) is 0 Å². The lowest BCUT2D eigenvalue weighted by molar-refractivity contribution is -0.136. The number of amides is 1. The van der Waals surface area contributed by atoms with E-state index in [2.05, 4.69) is 5.32 Å². The van der Waals surface area contributed by atoms with Crippen molar-refractivity contribution in [2.45, 2.75) is 32.9 Å². The Labute approximate surface area is 141 Å². The number of hydrogen-bond donors (Lipinski definition) is 2. The fraction of sp³-hybridized carbons (Fsp3) is 0.263. The number of nitrogens with one attached hydrogen (secondary N) is 1. The molecule has 5 heteroatoms. The highest BCUT2D eigenvalue weighted by Gasteiger charge is 2.14. The van der Waals surface area contributed by atoms with Crippen LogP contribution in [0.4, 0.5) is 0 Å². The molecule has 2 aromatic rings. The van der Waals surface area contributed by atoms with Crippen LogP contribution in [-0.4, -0.2) is 23.1 Å². The third-order valence-electron chi connectivity index (χ3n) is 3.55. The average Bonchev–Trinajstić information content (AvgIpc) is 2.55. The molecule has 0 heterocycles. The summed E-state index contributed by atoms with van der Waals surface area (Å²) in [6, 6.07) is 14.6. The molecule has 0 radical (unpaired) electrons. The van der Waals surface area contributed by atoms with Crippen molar-refractivity contribution in [2.75, 3.05) is 0 Å². The Bertz CT molecular complexity index is 692. The zero-order valence-corrected chi connectivity index (χ0v) is 13.8. The molecule has 0 aliphatic rings. The Kier molecular flexibility index (Phi) is 5.95. The highest BCUT2D eigenvalue weighted by atomic mass is 16.5. The molecule has 2 N–H and O–H groups in total. The van der Waals surface area contributed by atoms with Gasteiger partial charge in [-0.3, -0.25) is 9.59 Å². The van der Waals surface area contributed by atoms with Gasteiger partial charge in [0.25, 0.3) is 5.91 Å². The topological polar surface area (TPSA) is 75.6 Å². The van der Waals surface area contributed by atoms with Gasteiger partial charge in [0, 0.05) is 6.54 Å². The molecule has 24 heavy (non-hydrogen) atoms. The van der Waals surface area contributed by atoms with Crippen molar-refractivity contribution < 1.29 is 19.4 Å². The van der Waals surface area contributed by atoms with Crippen LogP contribution in [0.15, 0.2) is 48.5 Å². The van der Waals surface area contributed by atoms with E-state index < -0.39 is 12.1 Å². The maximum absolute atomic E-state index is 12.1. The second-order valence-corrected chi connectivity index (χ2v) is 5.68. The largest absolute Gasteiger partial charge is 0.481 e. The van der Waals surface area contributed by atoms with Crippen molar-refractivity contribution in [1.29, 1.82) is 0 Å². The van der Waals surface area contributed by atoms with Crippen LogP contribution in [-0.2, 0) is 22.6 Å². The van der Waals surface area contributed by atoms with Gasteiger partial charge in [-0.25, -0.2) is 0 Å². The minimum atomic E-state index is -0.882. The maximum atomic E-state index is 12.1. The summed E-state index contributed by atoms with van der Waals surface area (Å²) >= 11 is 0. The van der Waals surface area contributed by atoms with Gasteiger partial charge >= 0.3 is 5.97 Å². The summed E-state index contributed by atoms with van der Waals surface area (Å²) in [5.41, 5.74) is 2.89. The van der Waals surface area contributed by atoms with Crippen LogP contribution in [0, 0.1) is 6.92 Å². The normalized spacial score (nSPS) is 11.6. The average molecular weight is 327 g/mol. The standard InChI is InChI=1S/C19H21NO4/c1-13-3-5-16(6-4-13)12-20-19(23)14(2)24-17-9-7-15(8-10-17)11-18(21)22/h3-10,14H,11-12H2,1-2H3,(H,20,23)(H,21,22)/t14-/m0/s1. The van der Waals surface area contributed by atoms with Gasteiger partial charge in [-0.05, 0) is 37.1 Å². The van der Waals surface area contributed by atoms with E-state index >= 15 is 0 Å². The van der Waals surface area contributed by atoms with Crippen molar-refractivity contribution in [3.8, 4) is 5.75 Å². The van der Waals surface area contributed by atoms with E-state index in [1.54, 1.807) is 31.2 Å². The first-order valence-electron chi connectivity index (χ1n) is 7.74. The summed E-state index contributed by atoms with van der Waals surface area (Å²) in [6.07, 6.45) is -0.673. The fourth-order valence-electron chi connectivity index (χ4n) is 2.16. The van der Waals surface area contributed by atoms with Gasteiger partial charge in [-0.15, -0.1) is 0 Å². The molecule has 1 atom stereocenters. The summed E-state index contributed by atoms with van der Waals surface area (Å²) in [6.45, 7) is 4.14. The van der Waals surface area contributed by atoms with Crippen molar-refractivity contribution >= 4 is 11.9 Å². The van der Waals surface area contributed by atoms with Crippen LogP contribution in [0.1, 0.15) is 23.6 Å². The van der Waals surface area contributed by atoms with Gasteiger partial charge in [0.2, 0.25) is 0 Å². The third kappa shape index (κ3) is 5.43. The summed E-state index contributed by atoms with van der Waals surface area (Å²) in [7, 11) is 0. The molecule has 0 aliphatic carbocycles. The number of carboxylic acids is 1. The number of carbonyl (C=O) groups excluding carboxylic acids is 1. The van der Waals surface area contributed by atoms with Gasteiger partial charge < -0.3 is 15.2 Å². The van der Waals surface area contributed by atoms with E-state index in [9.17, 15) is 9.59 Å². The first kappa shape index (κ1) is 17.5. The Morgan fingerprint density at radius 2 is 1.62 bits per heavy atom. The van der Waals surface area contributed by atoms with Crippen LogP contribution in [0.5, 0.6) is 5.75 Å². The predicted molar refractivity (Wildman–Crippen MR) is 90.9 cm³/mol. The van der Waals surface area contributed by atoms with Crippen LogP contribution in [0.3, 0.4) is 0 Å². The summed E-state index contributed by atoms with van der Waals surface area (Å²) in [4.78, 5) is 22.7. The van der Waals surface area contributed by atoms with Gasteiger partial charge in [-0.1, -0.05) is 42.0 Å². The van der Waals surface area contributed by atoms with Crippen molar-refractivity contribution in [3.63, 3.8) is 0 Å². The van der Waals surface area contributed by atoms with Crippen LogP contribution in [0.25, 0.3) is 0 Å². The lowest BCUT2D eigenvalue weighted by Gasteiger charge is -2.15. The number of carboxylic acid groups (broad SMARTS) is 1. The van der Waals surface area contributed by atoms with E-state index in [4.69, 9.17) is 9.84 Å². The number of ether oxygens (including phenoxy) is 1. The van der Waals surface area contributed by atoms with Crippen molar-refractivity contribution in [2.24, 2.45) is 0 Å². The van der Waals surface area contributed by atoms with E-state index in [0.717, 1.165) is 5.56 Å². The number of aryl methyl sites for hydroxylation is 1. The molecule has 1 amide bonds. The minimum absolute atomic E-state index is 0.0349. The zero-order chi connectivity index (χ0) is 17.5. The molecular formula is C19H21NO4. The van der Waals surface area contributed by atoms with Gasteiger partial charge in [0.1, 0.15) is 5.75 Å². The quantitative estimate of drug-likeness (QED) is 0.820. The van der Waals surface area contributed by atoms with E-state index in [1.807, 2.05) is 31.2 Å². The third-order valence-corrected chi connectivity index (χ3v) is 3.55. The predicted octanol–water partition coefficient (Wildman–Crippen LogP) is 2.71. The SMILES string of the molecule is Cc1ccc(CNC(=O)[C@H](C)Oc2ccc(CC(=O)O)cc2)cc1. The Hall–Kier alpha value is -2.82. The Morgan fingerprint density at radius 1 is 1.04 bits per heavy atom. The molecule has 0 saturated heterocycles. The van der Waals surface area contributed by atoms with Crippen LogP contribution >= 0.6 is 0 Å². The molecule has 0 aromatic heterocycles. The first-order chi connectivity index (χ1) is 11.4. The number of benzene rings is 2. The molecule has 0 fully saturated rings. The van der Waals surface area contributed by atoms with Crippen molar-refractivity contribution in [3.05, 3.63) is 65.2 Å². The summed E-state index contributed by atoms with van der Waals surface area (Å²) < 4.78 is 5.58. The Balaban J connectivity index is 1.84. The molecule has 0 bridgehead atoms. The smallest absolute Gasteiger partial charge is 0.307 e. The molecule has 5 nitrogen and oxygen atoms in total. The van der Waals surface area contributed by atoms with E-state index in [1.165, 1.54) is 5.56 Å². The maximum Gasteiger partial charge on any atom is 0.307 e. The molecule has 0 aliphatic heterocycles. The second-order valence-electron chi connectivity index (χ2n) is 5.68. The molecule has 0 saturated carbocycles. The number of carbonyl (C=O) groups is 2. The Morgan fingerprint density at radius 3 is 2.21 bits per heavy atom. The van der Waals surface area contributed by atoms with Gasteiger partial charge in [0.05, 0.1) is 6.42 Å². The lowest BCUT2D eigenvalue weighted by atomic mass is 10.1. The molecule has 2 aromatic carbocycles. The molecule has 0 spiro atoms. The van der Waals surface area contributed by atoms with Crippen LogP contribution < -0.4 is 10.1 Å². The first-order valence-corrected chi connectivity index (χ1v) is 7.74. The van der Waals surface area contributed by atoms with Gasteiger partial charge in [0.15, 0.2) is 6.10 Å². The molecular weight excluding hydrogens is 306 g/mol. The molecule has 2 rings (SSSR count). The zero-order valence-electron chi connectivity index (χ0n) is 13.8. The number of hydrogen-bond acceptors (Lipinski definition) is 3. The molecule has 126 valence electrons. The monoisotopic (exact) mass is 327 g/mol. The van der Waals surface area contributed by atoms with Gasteiger partial charge in [-0.2, -0.15) is 0 Å². The second kappa shape index (κ2) is 8.15. The highest BCUT2D eigenvalue weighted by Crippen LogP contribution is 2.14. The fourth-order valence-corrected chi connectivity index (χ4v) is 2.16. The minimum Gasteiger partial charge on any atom is -0.481 e. The van der Waals surface area contributed by atoms with E-state index in [-0.39, 0.29) is 12.3 Å². The van der Waals surface area contributed by atoms with E-state index in [0.29, 0.717) is 17.9 Å². The lowest BCUT2D eigenvalue weighted by Crippen LogP contribution is -2.35. The van der Waals surface area contributed by atoms with Crippen molar-refractivity contribution in [1.82, 2.24) is 5.32 Å². The number of rotatable bonds is 7. The number of aliphatic carboxylic acids is 1. The summed E-state index contributed by atoms with van der Waals surface area (Å²) in [5.74, 6) is -0.556. The molecule has 0 unspecified atom stereocenters. The highest BCUT2D eigenvalue weighted by molar-refractivity contribution is 5.80.